The Kier molecular flexibility index (Phi) is 10.6. The predicted octanol–water partition coefficient (Wildman–Crippen LogP) is 2.17. The van der Waals surface area contributed by atoms with E-state index in [9.17, 15) is 8.42 Å². The van der Waals surface area contributed by atoms with Crippen LogP contribution in [0.5, 0.6) is 0 Å². The van der Waals surface area contributed by atoms with Crippen LogP contribution >= 0.6 is 24.0 Å². The van der Waals surface area contributed by atoms with Crippen molar-refractivity contribution in [3.63, 3.8) is 0 Å². The number of rotatable bonds is 6. The van der Waals surface area contributed by atoms with Gasteiger partial charge in [0.25, 0.3) is 0 Å². The summed E-state index contributed by atoms with van der Waals surface area (Å²) in [5.74, 6) is 1.86. The summed E-state index contributed by atoms with van der Waals surface area (Å²) in [6.07, 6.45) is 6.76. The SMILES string of the molecule is CCNC(=NCCCS(C)(=O)=O)NC1CCC(C)CC1.I. The third-order valence-corrected chi connectivity index (χ3v) is 4.67. The molecule has 0 heterocycles. The third kappa shape index (κ3) is 10.3. The van der Waals surface area contributed by atoms with Gasteiger partial charge in [-0.25, -0.2) is 8.42 Å². The minimum atomic E-state index is -2.88. The first-order valence-corrected chi connectivity index (χ1v) is 9.69. The topological polar surface area (TPSA) is 70.6 Å². The Labute approximate surface area is 146 Å². The predicted molar refractivity (Wildman–Crippen MR) is 100 cm³/mol. The second-order valence-electron chi connectivity index (χ2n) is 5.85. The molecule has 0 atom stereocenters. The molecule has 1 saturated carbocycles. The quantitative estimate of drug-likeness (QED) is 0.293. The van der Waals surface area contributed by atoms with Crippen molar-refractivity contribution < 1.29 is 8.42 Å². The van der Waals surface area contributed by atoms with Crippen molar-refractivity contribution >= 4 is 39.8 Å². The van der Waals surface area contributed by atoms with E-state index >= 15 is 0 Å². The fourth-order valence-electron chi connectivity index (χ4n) is 2.44. The van der Waals surface area contributed by atoms with E-state index in [1.165, 1.54) is 31.9 Å². The number of guanidine groups is 1. The van der Waals surface area contributed by atoms with E-state index in [-0.39, 0.29) is 29.7 Å². The van der Waals surface area contributed by atoms with E-state index in [2.05, 4.69) is 22.5 Å². The molecule has 0 aromatic rings. The third-order valence-electron chi connectivity index (χ3n) is 3.64. The zero-order valence-corrected chi connectivity index (χ0v) is 16.5. The van der Waals surface area contributed by atoms with Gasteiger partial charge in [0.15, 0.2) is 5.96 Å². The number of nitrogens with one attached hydrogen (secondary N) is 2. The molecule has 0 aliphatic heterocycles. The average Bonchev–Trinajstić information content (AvgIpc) is 2.36. The van der Waals surface area contributed by atoms with Crippen LogP contribution < -0.4 is 10.6 Å². The van der Waals surface area contributed by atoms with Gasteiger partial charge in [0.05, 0.1) is 5.75 Å². The van der Waals surface area contributed by atoms with Crippen LogP contribution in [-0.2, 0) is 9.84 Å². The van der Waals surface area contributed by atoms with E-state index < -0.39 is 9.84 Å². The Morgan fingerprint density at radius 2 is 1.86 bits per heavy atom. The maximum absolute atomic E-state index is 11.1. The molecule has 1 rings (SSSR count). The molecule has 1 aliphatic rings. The summed E-state index contributed by atoms with van der Waals surface area (Å²) in [4.78, 5) is 4.46. The Morgan fingerprint density at radius 3 is 2.38 bits per heavy atom. The molecular formula is C14H30IN3O2S. The molecule has 2 N–H and O–H groups in total. The van der Waals surface area contributed by atoms with Crippen molar-refractivity contribution in [3.8, 4) is 0 Å². The Bertz CT molecular complexity index is 404. The first-order chi connectivity index (χ1) is 9.40. The van der Waals surface area contributed by atoms with Crippen molar-refractivity contribution in [2.75, 3.05) is 25.1 Å². The van der Waals surface area contributed by atoms with Gasteiger partial charge < -0.3 is 10.6 Å². The fraction of sp³-hybridized carbons (Fsp3) is 0.929. The minimum Gasteiger partial charge on any atom is -0.357 e. The van der Waals surface area contributed by atoms with Crippen molar-refractivity contribution in [2.24, 2.45) is 10.9 Å². The largest absolute Gasteiger partial charge is 0.357 e. The van der Waals surface area contributed by atoms with Crippen LogP contribution in [0.1, 0.15) is 46.0 Å². The highest BCUT2D eigenvalue weighted by molar-refractivity contribution is 14.0. The van der Waals surface area contributed by atoms with Crippen LogP contribution in [0.2, 0.25) is 0 Å². The number of hydrogen-bond acceptors (Lipinski definition) is 3. The monoisotopic (exact) mass is 431 g/mol. The molecule has 0 bridgehead atoms. The van der Waals surface area contributed by atoms with Crippen LogP contribution in [0.4, 0.5) is 0 Å². The molecule has 0 unspecified atom stereocenters. The zero-order chi connectivity index (χ0) is 15.0. The molecule has 0 amide bonds. The summed E-state index contributed by atoms with van der Waals surface area (Å²) in [5.41, 5.74) is 0. The standard InChI is InChI=1S/C14H29N3O2S.HI/c1-4-15-14(16-10-5-11-20(3,18)19)17-13-8-6-12(2)7-9-13;/h12-13H,4-11H2,1-3H3,(H2,15,16,17);1H. The van der Waals surface area contributed by atoms with Crippen LogP contribution in [0.25, 0.3) is 0 Å². The van der Waals surface area contributed by atoms with E-state index in [1.54, 1.807) is 0 Å². The van der Waals surface area contributed by atoms with Crippen LogP contribution in [0, 0.1) is 5.92 Å². The molecule has 1 aliphatic carbocycles. The first kappa shape index (κ1) is 20.9. The van der Waals surface area contributed by atoms with Crippen molar-refractivity contribution in [1.82, 2.24) is 10.6 Å². The lowest BCUT2D eigenvalue weighted by Gasteiger charge is -2.28. The second kappa shape index (κ2) is 10.6. The van der Waals surface area contributed by atoms with Crippen molar-refractivity contribution in [1.29, 1.82) is 0 Å². The van der Waals surface area contributed by atoms with Gasteiger partial charge in [0.2, 0.25) is 0 Å². The summed E-state index contributed by atoms with van der Waals surface area (Å²) < 4.78 is 22.1. The van der Waals surface area contributed by atoms with E-state index in [0.717, 1.165) is 18.4 Å². The molecule has 7 heteroatoms. The van der Waals surface area contributed by atoms with Gasteiger partial charge in [0.1, 0.15) is 9.84 Å². The van der Waals surface area contributed by atoms with Gasteiger partial charge in [-0.05, 0) is 44.9 Å². The Hall–Kier alpha value is -0.0500. The van der Waals surface area contributed by atoms with E-state index in [4.69, 9.17) is 0 Å². The zero-order valence-electron chi connectivity index (χ0n) is 13.4. The van der Waals surface area contributed by atoms with Crippen LogP contribution in [0.15, 0.2) is 4.99 Å². The number of hydrogen-bond donors (Lipinski definition) is 2. The highest BCUT2D eigenvalue weighted by Gasteiger charge is 2.18. The van der Waals surface area contributed by atoms with Crippen LogP contribution in [0.3, 0.4) is 0 Å². The van der Waals surface area contributed by atoms with Gasteiger partial charge in [-0.1, -0.05) is 6.92 Å². The highest BCUT2D eigenvalue weighted by atomic mass is 127. The van der Waals surface area contributed by atoms with Crippen molar-refractivity contribution in [3.05, 3.63) is 0 Å². The first-order valence-electron chi connectivity index (χ1n) is 7.63. The Balaban J connectivity index is 0.00000400. The highest BCUT2D eigenvalue weighted by Crippen LogP contribution is 2.23. The maximum atomic E-state index is 11.1. The molecule has 126 valence electrons. The van der Waals surface area contributed by atoms with Gasteiger partial charge in [-0.3, -0.25) is 4.99 Å². The van der Waals surface area contributed by atoms with Gasteiger partial charge >= 0.3 is 0 Å². The summed E-state index contributed by atoms with van der Waals surface area (Å²) in [6.45, 7) is 5.71. The molecular weight excluding hydrogens is 401 g/mol. The molecule has 1 fully saturated rings. The van der Waals surface area contributed by atoms with Crippen LogP contribution in [-0.4, -0.2) is 45.5 Å². The molecule has 0 radical (unpaired) electrons. The van der Waals surface area contributed by atoms with Crippen molar-refractivity contribution in [2.45, 2.75) is 52.0 Å². The fourth-order valence-corrected chi connectivity index (χ4v) is 3.09. The number of aliphatic imine (C=N–C) groups is 1. The van der Waals surface area contributed by atoms with Gasteiger partial charge in [-0.2, -0.15) is 0 Å². The van der Waals surface area contributed by atoms with E-state index in [1.807, 2.05) is 6.92 Å². The summed E-state index contributed by atoms with van der Waals surface area (Å²) in [5, 5.41) is 6.69. The summed E-state index contributed by atoms with van der Waals surface area (Å²) in [7, 11) is -2.88. The lowest BCUT2D eigenvalue weighted by molar-refractivity contribution is 0.329. The molecule has 21 heavy (non-hydrogen) atoms. The lowest BCUT2D eigenvalue weighted by Crippen LogP contribution is -2.44. The molecule has 0 spiro atoms. The summed E-state index contributed by atoms with van der Waals surface area (Å²) in [6, 6.07) is 0.499. The summed E-state index contributed by atoms with van der Waals surface area (Å²) >= 11 is 0. The number of halogens is 1. The van der Waals surface area contributed by atoms with Gasteiger partial charge in [0, 0.05) is 25.4 Å². The minimum absolute atomic E-state index is 0. The average molecular weight is 431 g/mol. The second-order valence-corrected chi connectivity index (χ2v) is 8.10. The van der Waals surface area contributed by atoms with E-state index in [0.29, 0.717) is 19.0 Å². The molecule has 0 aromatic heterocycles. The molecule has 0 aromatic carbocycles. The molecule has 0 saturated heterocycles. The number of sulfone groups is 1. The Morgan fingerprint density at radius 1 is 1.24 bits per heavy atom. The smallest absolute Gasteiger partial charge is 0.191 e. The maximum Gasteiger partial charge on any atom is 0.191 e. The normalized spacial score (nSPS) is 23.3. The lowest BCUT2D eigenvalue weighted by atomic mass is 9.87. The number of nitrogens with zero attached hydrogens (tertiary/aromatic N) is 1. The molecule has 5 nitrogen and oxygen atoms in total. The van der Waals surface area contributed by atoms with Gasteiger partial charge in [-0.15, -0.1) is 24.0 Å².